The fourth-order valence-electron chi connectivity index (χ4n) is 5.33. The maximum atomic E-state index is 13.3. The van der Waals surface area contributed by atoms with Crippen LogP contribution in [0.2, 0.25) is 10.0 Å². The lowest BCUT2D eigenvalue weighted by atomic mass is 9.55. The summed E-state index contributed by atoms with van der Waals surface area (Å²) in [7, 11) is 1.75. The summed E-state index contributed by atoms with van der Waals surface area (Å²) >= 11 is 13.0. The van der Waals surface area contributed by atoms with Gasteiger partial charge in [0.15, 0.2) is 0 Å². The van der Waals surface area contributed by atoms with Gasteiger partial charge in [-0.15, -0.1) is 0 Å². The van der Waals surface area contributed by atoms with Gasteiger partial charge in [-0.1, -0.05) is 42.3 Å². The number of likely N-dealkylation sites (N-methyl/N-ethyl adjacent to an activating group) is 1. The number of H-pyrrole nitrogens is 1. The first-order valence-corrected chi connectivity index (χ1v) is 11.6. The average Bonchev–Trinajstić information content (AvgIpc) is 3.49. The van der Waals surface area contributed by atoms with E-state index in [9.17, 15) is 4.79 Å². The van der Waals surface area contributed by atoms with Gasteiger partial charge >= 0.3 is 0 Å². The minimum atomic E-state index is -0.443. The molecule has 0 saturated heterocycles. The van der Waals surface area contributed by atoms with Crippen LogP contribution in [0.1, 0.15) is 43.9 Å². The SMILES string of the molecule is CCc1[nH]c2c(=O)n(-c3cccc(C4(C(=N)N(C)C=N)CC5(CC5)C4)c3)cc(Cl)c2c1Cl. The van der Waals surface area contributed by atoms with E-state index >= 15 is 0 Å². The number of rotatable bonds is 5. The number of hydrogen-bond donors (Lipinski definition) is 3. The van der Waals surface area contributed by atoms with Crippen LogP contribution >= 0.6 is 23.2 Å². The molecule has 0 radical (unpaired) electrons. The van der Waals surface area contributed by atoms with Crippen molar-refractivity contribution >= 4 is 46.3 Å². The molecule has 1 aromatic carbocycles. The molecule has 32 heavy (non-hydrogen) atoms. The van der Waals surface area contributed by atoms with Crippen LogP contribution < -0.4 is 5.56 Å². The van der Waals surface area contributed by atoms with Gasteiger partial charge in [-0.25, -0.2) is 0 Å². The molecule has 2 heterocycles. The molecule has 2 saturated carbocycles. The zero-order valence-electron chi connectivity index (χ0n) is 18.1. The summed E-state index contributed by atoms with van der Waals surface area (Å²) in [5.74, 6) is 0.423. The summed E-state index contributed by atoms with van der Waals surface area (Å²) in [6.07, 6.45) is 7.69. The number of hydrogen-bond acceptors (Lipinski definition) is 3. The molecule has 6 nitrogen and oxygen atoms in total. The van der Waals surface area contributed by atoms with Crippen LogP contribution in [0.15, 0.2) is 35.3 Å². The highest BCUT2D eigenvalue weighted by atomic mass is 35.5. The van der Waals surface area contributed by atoms with Crippen molar-refractivity contribution in [1.29, 1.82) is 10.8 Å². The predicted molar refractivity (Wildman–Crippen MR) is 130 cm³/mol. The van der Waals surface area contributed by atoms with E-state index in [1.54, 1.807) is 22.7 Å². The van der Waals surface area contributed by atoms with Gasteiger partial charge in [0.25, 0.3) is 5.56 Å². The Bertz CT molecular complexity index is 1330. The first kappa shape index (κ1) is 21.3. The van der Waals surface area contributed by atoms with Crippen molar-refractivity contribution in [1.82, 2.24) is 14.5 Å². The van der Waals surface area contributed by atoms with Crippen LogP contribution in [0.25, 0.3) is 16.6 Å². The van der Waals surface area contributed by atoms with E-state index in [0.29, 0.717) is 44.3 Å². The molecule has 5 rings (SSSR count). The average molecular weight is 470 g/mol. The van der Waals surface area contributed by atoms with E-state index in [4.69, 9.17) is 34.0 Å². The highest BCUT2D eigenvalue weighted by molar-refractivity contribution is 6.42. The molecule has 2 aromatic heterocycles. The molecular weight excluding hydrogens is 445 g/mol. The second kappa shape index (κ2) is 7.22. The highest BCUT2D eigenvalue weighted by Gasteiger charge is 2.63. The largest absolute Gasteiger partial charge is 0.353 e. The van der Waals surface area contributed by atoms with Gasteiger partial charge in [-0.2, -0.15) is 0 Å². The fourth-order valence-corrected chi connectivity index (χ4v) is 6.04. The first-order chi connectivity index (χ1) is 15.2. The van der Waals surface area contributed by atoms with Gasteiger partial charge in [0, 0.05) is 30.0 Å². The number of aromatic nitrogens is 2. The first-order valence-electron chi connectivity index (χ1n) is 10.8. The van der Waals surface area contributed by atoms with Crippen LogP contribution in [0.5, 0.6) is 0 Å². The molecule has 166 valence electrons. The summed E-state index contributed by atoms with van der Waals surface area (Å²) in [6.45, 7) is 1.97. The van der Waals surface area contributed by atoms with Crippen LogP contribution in [0.4, 0.5) is 0 Å². The summed E-state index contributed by atoms with van der Waals surface area (Å²) in [5, 5.41) is 17.9. The van der Waals surface area contributed by atoms with E-state index in [0.717, 1.165) is 24.1 Å². The third-order valence-electron chi connectivity index (χ3n) is 7.27. The van der Waals surface area contributed by atoms with Crippen molar-refractivity contribution in [2.45, 2.75) is 44.4 Å². The lowest BCUT2D eigenvalue weighted by molar-refractivity contribution is 0.174. The molecule has 0 aliphatic heterocycles. The summed E-state index contributed by atoms with van der Waals surface area (Å²) < 4.78 is 1.55. The molecule has 0 unspecified atom stereocenters. The number of amidine groups is 1. The molecule has 1 spiro atoms. The van der Waals surface area contributed by atoms with Gasteiger partial charge < -0.3 is 9.88 Å². The molecular formula is C24H25Cl2N5O. The lowest BCUT2D eigenvalue weighted by Crippen LogP contribution is -2.53. The number of fused-ring (bicyclic) bond motifs is 1. The van der Waals surface area contributed by atoms with Gasteiger partial charge in [0.2, 0.25) is 0 Å². The Morgan fingerprint density at radius 2 is 2.03 bits per heavy atom. The van der Waals surface area contributed by atoms with Crippen LogP contribution in [0.3, 0.4) is 0 Å². The van der Waals surface area contributed by atoms with Crippen LogP contribution in [-0.2, 0) is 11.8 Å². The van der Waals surface area contributed by atoms with Crippen molar-refractivity contribution in [3.8, 4) is 5.69 Å². The number of benzene rings is 1. The Morgan fingerprint density at radius 3 is 2.66 bits per heavy atom. The third-order valence-corrected chi connectivity index (χ3v) is 7.97. The molecule has 0 amide bonds. The standard InChI is InChI=1S/C24H25Cl2N5O/c1-3-17-19(26)18-16(25)10-31(21(32)20(18)29-17)15-6-4-5-14(9-15)24(22(28)30(2)13-27)11-23(12-24)7-8-23/h4-6,9-10,13,27-29H,3,7-8,11-12H2,1-2H3. The Hall–Kier alpha value is -2.57. The van der Waals surface area contributed by atoms with Gasteiger partial charge in [-0.05, 0) is 55.2 Å². The van der Waals surface area contributed by atoms with Crippen LogP contribution in [0, 0.1) is 16.2 Å². The van der Waals surface area contributed by atoms with E-state index in [-0.39, 0.29) is 5.56 Å². The van der Waals surface area contributed by atoms with E-state index < -0.39 is 5.41 Å². The minimum Gasteiger partial charge on any atom is -0.353 e. The monoisotopic (exact) mass is 469 g/mol. The zero-order valence-corrected chi connectivity index (χ0v) is 19.6. The van der Waals surface area contributed by atoms with Crippen molar-refractivity contribution < 1.29 is 0 Å². The predicted octanol–water partition coefficient (Wildman–Crippen LogP) is 5.52. The Kier molecular flexibility index (Phi) is 4.80. The van der Waals surface area contributed by atoms with Crippen molar-refractivity contribution in [3.63, 3.8) is 0 Å². The Morgan fingerprint density at radius 1 is 1.31 bits per heavy atom. The van der Waals surface area contributed by atoms with Crippen molar-refractivity contribution in [2.24, 2.45) is 5.41 Å². The Labute approximate surface area is 196 Å². The zero-order chi connectivity index (χ0) is 22.8. The van der Waals surface area contributed by atoms with E-state index in [1.807, 2.05) is 31.2 Å². The number of pyridine rings is 1. The van der Waals surface area contributed by atoms with Crippen LogP contribution in [-0.4, -0.2) is 33.7 Å². The Balaban J connectivity index is 1.64. The maximum Gasteiger partial charge on any atom is 0.279 e. The molecule has 0 atom stereocenters. The minimum absolute atomic E-state index is 0.212. The summed E-state index contributed by atoms with van der Waals surface area (Å²) in [6, 6.07) is 7.81. The third kappa shape index (κ3) is 2.96. The molecule has 2 aliphatic carbocycles. The molecule has 3 aromatic rings. The van der Waals surface area contributed by atoms with Crippen molar-refractivity contribution in [2.75, 3.05) is 7.05 Å². The van der Waals surface area contributed by atoms with E-state index in [2.05, 4.69) is 4.98 Å². The second-order valence-corrected chi connectivity index (χ2v) is 10.0. The number of nitrogens with zero attached hydrogens (tertiary/aromatic N) is 2. The number of halogens is 2. The smallest absolute Gasteiger partial charge is 0.279 e. The molecule has 2 aliphatic rings. The topological polar surface area (TPSA) is 88.7 Å². The molecule has 0 bridgehead atoms. The maximum absolute atomic E-state index is 13.3. The summed E-state index contributed by atoms with van der Waals surface area (Å²) in [5.41, 5.74) is 2.57. The van der Waals surface area contributed by atoms with Gasteiger partial charge in [-0.3, -0.25) is 20.2 Å². The number of aryl methyl sites for hydroxylation is 1. The number of aromatic amines is 1. The number of nitrogens with one attached hydrogen (secondary N) is 3. The van der Waals surface area contributed by atoms with Gasteiger partial charge in [0.05, 0.1) is 21.8 Å². The molecule has 3 N–H and O–H groups in total. The molecule has 2 fully saturated rings. The lowest BCUT2D eigenvalue weighted by Gasteiger charge is -2.50. The quantitative estimate of drug-likeness (QED) is 0.339. The van der Waals surface area contributed by atoms with E-state index in [1.165, 1.54) is 19.2 Å². The normalized spacial score (nSPS) is 17.9. The highest BCUT2D eigenvalue weighted by Crippen LogP contribution is 2.69. The molecule has 8 heteroatoms. The fraction of sp³-hybridized carbons (Fsp3) is 0.375. The summed E-state index contributed by atoms with van der Waals surface area (Å²) in [4.78, 5) is 18.1. The van der Waals surface area contributed by atoms with Crippen molar-refractivity contribution in [3.05, 3.63) is 62.1 Å². The van der Waals surface area contributed by atoms with Gasteiger partial charge in [0.1, 0.15) is 11.4 Å². The second-order valence-electron chi connectivity index (χ2n) is 9.25.